The molecule has 0 bridgehead atoms. The summed E-state index contributed by atoms with van der Waals surface area (Å²) in [6.45, 7) is 9.27. The van der Waals surface area contributed by atoms with Crippen molar-refractivity contribution in [1.29, 1.82) is 0 Å². The van der Waals surface area contributed by atoms with E-state index in [1.54, 1.807) is 50.2 Å². The van der Waals surface area contributed by atoms with Gasteiger partial charge in [-0.05, 0) is 97.3 Å². The number of aliphatic hydroxyl groups excluding tert-OH is 1. The molecule has 1 unspecified atom stereocenters. The maximum atomic E-state index is 13.3. The van der Waals surface area contributed by atoms with Crippen LogP contribution < -0.4 is 4.18 Å². The molecule has 3 aromatic carbocycles. The van der Waals surface area contributed by atoms with Gasteiger partial charge in [0.05, 0.1) is 0 Å². The van der Waals surface area contributed by atoms with Gasteiger partial charge in [-0.3, -0.25) is 0 Å². The minimum Gasteiger partial charge on any atom is -0.511 e. The average Bonchev–Trinajstić information content (AvgIpc) is 2.87. The van der Waals surface area contributed by atoms with Crippen LogP contribution in [0.2, 0.25) is 0 Å². The van der Waals surface area contributed by atoms with Crippen LogP contribution >= 0.6 is 11.8 Å². The first-order valence-corrected chi connectivity index (χ1v) is 15.3. The Morgan fingerprint density at radius 1 is 1.05 bits per heavy atom. The molecule has 1 aliphatic heterocycles. The number of phenolic OH excluding ortho intramolecular Hbond substituents is 1. The third-order valence-electron chi connectivity index (χ3n) is 6.81. The molecule has 0 spiro atoms. The second-order valence-electron chi connectivity index (χ2n) is 11.4. The number of carbonyl (C=O) groups is 1. The maximum Gasteiger partial charge on any atom is 0.348 e. The number of ether oxygens (including phenoxy) is 1. The van der Waals surface area contributed by atoms with Gasteiger partial charge < -0.3 is 19.1 Å². The number of aliphatic hydroxyl groups is 1. The number of carbonyl (C=O) groups excluding carboxylic acids is 1. The zero-order chi connectivity index (χ0) is 30.2. The van der Waals surface area contributed by atoms with Gasteiger partial charge in [-0.25, -0.2) is 9.18 Å². The van der Waals surface area contributed by atoms with E-state index in [0.29, 0.717) is 28.9 Å². The van der Waals surface area contributed by atoms with Crippen LogP contribution in [-0.4, -0.2) is 30.2 Å². The molecule has 218 valence electrons. The minimum atomic E-state index is -4.22. The average molecular weight is 601 g/mol. The molecule has 0 aliphatic carbocycles. The van der Waals surface area contributed by atoms with E-state index in [0.717, 1.165) is 41.6 Å². The van der Waals surface area contributed by atoms with Crippen molar-refractivity contribution in [3.8, 4) is 11.5 Å². The summed E-state index contributed by atoms with van der Waals surface area (Å²) in [6.07, 6.45) is 1.21. The lowest BCUT2D eigenvalue weighted by Crippen LogP contribution is -2.37. The van der Waals surface area contributed by atoms with Crippen molar-refractivity contribution in [3.05, 3.63) is 93.8 Å². The number of aromatic hydroxyl groups is 1. The molecule has 0 radical (unpaired) electrons. The lowest BCUT2D eigenvalue weighted by molar-refractivity contribution is -0.156. The Bertz CT molecular complexity index is 1590. The number of hydrogen-bond donors (Lipinski definition) is 2. The zero-order valence-corrected chi connectivity index (χ0v) is 25.2. The monoisotopic (exact) mass is 600 g/mol. The van der Waals surface area contributed by atoms with Crippen molar-refractivity contribution in [2.75, 3.05) is 0 Å². The SMILES string of the molecule is Cc1cc(SC2=C(O)CC(C)(CCc3ccc(O)cc3)OC2=O)c(C(C)(C)C)cc1OS(=O)(=O)c1ccc(F)cc1. The Labute approximate surface area is 244 Å². The van der Waals surface area contributed by atoms with Crippen LogP contribution in [0.1, 0.15) is 57.2 Å². The van der Waals surface area contributed by atoms with Crippen molar-refractivity contribution in [2.45, 2.75) is 74.7 Å². The van der Waals surface area contributed by atoms with Crippen LogP contribution in [-0.2, 0) is 31.5 Å². The molecular weight excluding hydrogens is 567 g/mol. The summed E-state index contributed by atoms with van der Waals surface area (Å²) in [5.74, 6) is -0.993. The molecule has 2 N–H and O–H groups in total. The summed E-state index contributed by atoms with van der Waals surface area (Å²) < 4.78 is 50.3. The summed E-state index contributed by atoms with van der Waals surface area (Å²) in [4.78, 5) is 13.7. The molecule has 3 aromatic rings. The summed E-state index contributed by atoms with van der Waals surface area (Å²) in [5.41, 5.74) is 0.776. The second-order valence-corrected chi connectivity index (χ2v) is 14.0. The third-order valence-corrected chi connectivity index (χ3v) is 9.22. The van der Waals surface area contributed by atoms with Gasteiger partial charge in [0.2, 0.25) is 0 Å². The molecule has 10 heteroatoms. The number of cyclic esters (lactones) is 1. The van der Waals surface area contributed by atoms with Crippen LogP contribution in [0.25, 0.3) is 0 Å². The Hall–Kier alpha value is -3.50. The number of thioether (sulfide) groups is 1. The number of aryl methyl sites for hydroxylation is 2. The van der Waals surface area contributed by atoms with E-state index >= 15 is 0 Å². The fourth-order valence-corrected chi connectivity index (χ4v) is 6.70. The fourth-order valence-electron chi connectivity index (χ4n) is 4.47. The smallest absolute Gasteiger partial charge is 0.348 e. The van der Waals surface area contributed by atoms with Gasteiger partial charge in [-0.2, -0.15) is 8.42 Å². The standard InChI is InChI=1S/C31H33FO7S2/c1-19-16-27(24(30(2,3)4)17-26(19)39-41(36,37)23-12-8-21(32)9-13-23)40-28-25(34)18-31(5,38-29(28)35)15-14-20-6-10-22(33)11-7-20/h6-13,16-17,33-34H,14-15,18H2,1-5H3. The zero-order valence-electron chi connectivity index (χ0n) is 23.5. The molecule has 0 fully saturated rings. The number of benzene rings is 3. The molecule has 4 rings (SSSR count). The molecule has 0 aromatic heterocycles. The van der Waals surface area contributed by atoms with Crippen molar-refractivity contribution < 1.29 is 36.7 Å². The number of halogens is 1. The normalized spacial score (nSPS) is 17.9. The van der Waals surface area contributed by atoms with Gasteiger partial charge in [-0.1, -0.05) is 44.7 Å². The van der Waals surface area contributed by atoms with Gasteiger partial charge >= 0.3 is 16.1 Å². The van der Waals surface area contributed by atoms with Crippen LogP contribution in [0, 0.1) is 12.7 Å². The van der Waals surface area contributed by atoms with E-state index in [9.17, 15) is 27.8 Å². The lowest BCUT2D eigenvalue weighted by atomic mass is 9.86. The Morgan fingerprint density at radius 3 is 2.27 bits per heavy atom. The highest BCUT2D eigenvalue weighted by atomic mass is 32.2. The van der Waals surface area contributed by atoms with Crippen LogP contribution in [0.4, 0.5) is 4.39 Å². The van der Waals surface area contributed by atoms with E-state index in [1.165, 1.54) is 0 Å². The van der Waals surface area contributed by atoms with Gasteiger partial charge in [0.25, 0.3) is 0 Å². The van der Waals surface area contributed by atoms with Gasteiger partial charge in [0, 0.05) is 11.3 Å². The quantitative estimate of drug-likeness (QED) is 0.208. The predicted molar refractivity (Wildman–Crippen MR) is 155 cm³/mol. The summed E-state index contributed by atoms with van der Waals surface area (Å²) >= 11 is 1.07. The Morgan fingerprint density at radius 2 is 1.68 bits per heavy atom. The molecule has 0 saturated carbocycles. The van der Waals surface area contributed by atoms with Crippen LogP contribution in [0.3, 0.4) is 0 Å². The van der Waals surface area contributed by atoms with Crippen molar-refractivity contribution in [2.24, 2.45) is 0 Å². The van der Waals surface area contributed by atoms with Crippen molar-refractivity contribution in [1.82, 2.24) is 0 Å². The van der Waals surface area contributed by atoms with E-state index in [4.69, 9.17) is 8.92 Å². The second kappa shape index (κ2) is 11.4. The van der Waals surface area contributed by atoms with Gasteiger partial charge in [-0.15, -0.1) is 0 Å². The summed E-state index contributed by atoms with van der Waals surface area (Å²) in [7, 11) is -4.22. The van der Waals surface area contributed by atoms with Crippen molar-refractivity contribution in [3.63, 3.8) is 0 Å². The highest BCUT2D eigenvalue weighted by Crippen LogP contribution is 2.44. The summed E-state index contributed by atoms with van der Waals surface area (Å²) in [5, 5.41) is 20.5. The first-order valence-electron chi connectivity index (χ1n) is 13.0. The maximum absolute atomic E-state index is 13.3. The first kappa shape index (κ1) is 30.5. The minimum absolute atomic E-state index is 0.0730. The largest absolute Gasteiger partial charge is 0.511 e. The van der Waals surface area contributed by atoms with Gasteiger partial charge in [0.15, 0.2) is 0 Å². The van der Waals surface area contributed by atoms with Crippen LogP contribution in [0.15, 0.2) is 81.1 Å². The van der Waals surface area contributed by atoms with E-state index in [1.807, 2.05) is 20.8 Å². The highest BCUT2D eigenvalue weighted by Gasteiger charge is 2.39. The number of hydrogen-bond acceptors (Lipinski definition) is 8. The molecule has 1 heterocycles. The number of rotatable bonds is 8. The fraction of sp³-hybridized carbons (Fsp3) is 0.323. The Kier molecular flexibility index (Phi) is 8.47. The molecule has 1 aliphatic rings. The highest BCUT2D eigenvalue weighted by molar-refractivity contribution is 8.04. The predicted octanol–water partition coefficient (Wildman–Crippen LogP) is 7.11. The van der Waals surface area contributed by atoms with E-state index in [2.05, 4.69) is 0 Å². The van der Waals surface area contributed by atoms with E-state index in [-0.39, 0.29) is 33.5 Å². The molecular formula is C31H33FO7S2. The summed E-state index contributed by atoms with van der Waals surface area (Å²) in [6, 6.07) is 14.5. The lowest BCUT2D eigenvalue weighted by Gasteiger charge is -2.34. The van der Waals surface area contributed by atoms with Gasteiger partial charge in [0.1, 0.15) is 38.5 Å². The molecule has 1 atom stereocenters. The molecule has 0 saturated heterocycles. The van der Waals surface area contributed by atoms with Crippen molar-refractivity contribution >= 4 is 27.8 Å². The molecule has 0 amide bonds. The molecule has 41 heavy (non-hydrogen) atoms. The Balaban J connectivity index is 1.59. The third kappa shape index (κ3) is 7.23. The topological polar surface area (TPSA) is 110 Å². The number of phenols is 1. The van der Waals surface area contributed by atoms with Crippen LogP contribution in [0.5, 0.6) is 11.5 Å². The first-order chi connectivity index (χ1) is 19.1. The van der Waals surface area contributed by atoms with E-state index < -0.39 is 32.9 Å². The number of esters is 1. The molecule has 7 nitrogen and oxygen atoms in total.